The predicted molar refractivity (Wildman–Crippen MR) is 125 cm³/mol. The van der Waals surface area contributed by atoms with Gasteiger partial charge in [-0.3, -0.25) is 14.7 Å². The average molecular weight is 446 g/mol. The zero-order chi connectivity index (χ0) is 22.1. The number of aliphatic imine (C=N–C) groups is 1. The summed E-state index contributed by atoms with van der Waals surface area (Å²) < 4.78 is 5.10. The van der Waals surface area contributed by atoms with Crippen LogP contribution in [0.2, 0.25) is 5.02 Å². The Bertz CT molecular complexity index is 855. The number of likely N-dealkylation sites (tertiary alicyclic amines) is 1. The van der Waals surface area contributed by atoms with Crippen molar-refractivity contribution in [3.63, 3.8) is 0 Å². The predicted octanol–water partition coefficient (Wildman–Crippen LogP) is 3.30. The molecule has 1 amide bonds. The van der Waals surface area contributed by atoms with E-state index < -0.39 is 0 Å². The molecule has 1 saturated heterocycles. The second kappa shape index (κ2) is 11.8. The molecule has 1 fully saturated rings. The van der Waals surface area contributed by atoms with Crippen LogP contribution < -0.4 is 16.0 Å². The Hall–Kier alpha value is -2.51. The third kappa shape index (κ3) is 6.74. The van der Waals surface area contributed by atoms with Crippen molar-refractivity contribution in [1.29, 1.82) is 0 Å². The number of nitrogens with one attached hydrogen (secondary N) is 3. The number of halogens is 1. The maximum absolute atomic E-state index is 11.9. The number of furan rings is 1. The summed E-state index contributed by atoms with van der Waals surface area (Å²) in [7, 11) is 2.17. The molecule has 1 aromatic carbocycles. The first-order valence-electron chi connectivity index (χ1n) is 10.9. The Morgan fingerprint density at radius 1 is 1.23 bits per heavy atom. The maximum Gasteiger partial charge on any atom is 0.287 e. The monoisotopic (exact) mass is 445 g/mol. The van der Waals surface area contributed by atoms with E-state index in [-0.39, 0.29) is 5.91 Å². The molecule has 7 nitrogen and oxygen atoms in total. The summed E-state index contributed by atoms with van der Waals surface area (Å²) in [5.41, 5.74) is 1.24. The molecule has 2 atom stereocenters. The topological polar surface area (TPSA) is 81.9 Å². The fourth-order valence-corrected chi connectivity index (χ4v) is 4.27. The van der Waals surface area contributed by atoms with Crippen LogP contribution in [0.3, 0.4) is 0 Å². The van der Waals surface area contributed by atoms with Crippen LogP contribution in [-0.2, 0) is 0 Å². The Labute approximate surface area is 189 Å². The Morgan fingerprint density at radius 2 is 2.06 bits per heavy atom. The normalized spacial score (nSPS) is 19.8. The third-order valence-electron chi connectivity index (χ3n) is 5.47. The molecule has 3 rings (SSSR count). The maximum atomic E-state index is 11.9. The molecule has 31 heavy (non-hydrogen) atoms. The van der Waals surface area contributed by atoms with Crippen molar-refractivity contribution in [2.45, 2.75) is 25.8 Å². The fraction of sp³-hybridized carbons (Fsp3) is 0.478. The van der Waals surface area contributed by atoms with E-state index >= 15 is 0 Å². The highest BCUT2D eigenvalue weighted by molar-refractivity contribution is 6.30. The van der Waals surface area contributed by atoms with Crippen LogP contribution in [0.5, 0.6) is 0 Å². The molecule has 0 aliphatic carbocycles. The second-order valence-corrected chi connectivity index (χ2v) is 8.20. The lowest BCUT2D eigenvalue weighted by Gasteiger charge is -2.39. The number of nitrogens with zero attached hydrogens (tertiary/aromatic N) is 2. The van der Waals surface area contributed by atoms with Gasteiger partial charge in [-0.1, -0.05) is 23.7 Å². The lowest BCUT2D eigenvalue weighted by Crippen LogP contribution is -2.42. The Kier molecular flexibility index (Phi) is 8.79. The van der Waals surface area contributed by atoms with Crippen molar-refractivity contribution >= 4 is 23.5 Å². The zero-order valence-corrected chi connectivity index (χ0v) is 19.0. The number of benzene rings is 1. The van der Waals surface area contributed by atoms with Gasteiger partial charge in [0, 0.05) is 37.2 Å². The molecule has 1 aliphatic heterocycles. The van der Waals surface area contributed by atoms with Gasteiger partial charge in [0.15, 0.2) is 11.7 Å². The van der Waals surface area contributed by atoms with E-state index in [1.165, 1.54) is 11.8 Å². The minimum absolute atomic E-state index is 0.219. The number of carbonyl (C=O) groups is 1. The number of rotatable bonds is 8. The number of carbonyl (C=O) groups excluding carboxylic acids is 1. The van der Waals surface area contributed by atoms with Crippen LogP contribution in [0.25, 0.3) is 0 Å². The first kappa shape index (κ1) is 23.2. The highest BCUT2D eigenvalue weighted by Gasteiger charge is 2.30. The van der Waals surface area contributed by atoms with Crippen molar-refractivity contribution in [3.05, 3.63) is 59.0 Å². The van der Waals surface area contributed by atoms with Gasteiger partial charge in [0.05, 0.1) is 6.26 Å². The highest BCUT2D eigenvalue weighted by atomic mass is 35.5. The van der Waals surface area contributed by atoms with Gasteiger partial charge in [-0.25, -0.2) is 0 Å². The summed E-state index contributed by atoms with van der Waals surface area (Å²) >= 11 is 6.25. The van der Waals surface area contributed by atoms with Crippen LogP contribution in [0.1, 0.15) is 41.9 Å². The molecule has 2 unspecified atom stereocenters. The van der Waals surface area contributed by atoms with Crippen molar-refractivity contribution < 1.29 is 9.21 Å². The standard InChI is InChI=1S/C23H32ClN5O2/c1-3-25-23(27-12-11-26-22(30)20-10-6-14-31-20)28-16-18-8-5-13-29(2)21(18)17-7-4-9-19(24)15-17/h4,6-7,9-10,14-15,18,21H,3,5,8,11-13,16H2,1-2H3,(H,26,30)(H2,25,27,28). The minimum Gasteiger partial charge on any atom is -0.459 e. The minimum atomic E-state index is -0.219. The van der Waals surface area contributed by atoms with Crippen LogP contribution in [0, 0.1) is 5.92 Å². The number of hydrogen-bond donors (Lipinski definition) is 3. The molecule has 0 spiro atoms. The van der Waals surface area contributed by atoms with Crippen molar-refractivity contribution in [2.24, 2.45) is 10.9 Å². The third-order valence-corrected chi connectivity index (χ3v) is 5.71. The Morgan fingerprint density at radius 3 is 2.81 bits per heavy atom. The number of guanidine groups is 1. The van der Waals surface area contributed by atoms with Gasteiger partial charge in [0.25, 0.3) is 5.91 Å². The second-order valence-electron chi connectivity index (χ2n) is 7.76. The molecular formula is C23H32ClN5O2. The SMILES string of the molecule is CCNC(=NCC1CCCN(C)C1c1cccc(Cl)c1)NCCNC(=O)c1ccco1. The molecular weight excluding hydrogens is 414 g/mol. The molecule has 1 aliphatic rings. The lowest BCUT2D eigenvalue weighted by molar-refractivity contribution is 0.0926. The zero-order valence-electron chi connectivity index (χ0n) is 18.2. The van der Waals surface area contributed by atoms with E-state index in [4.69, 9.17) is 21.0 Å². The summed E-state index contributed by atoms with van der Waals surface area (Å²) in [6, 6.07) is 11.8. The van der Waals surface area contributed by atoms with Crippen LogP contribution in [0.15, 0.2) is 52.1 Å². The van der Waals surface area contributed by atoms with Gasteiger partial charge in [-0.15, -0.1) is 0 Å². The van der Waals surface area contributed by atoms with Gasteiger partial charge >= 0.3 is 0 Å². The molecule has 168 valence electrons. The van der Waals surface area contributed by atoms with Gasteiger partial charge in [-0.05, 0) is 69.1 Å². The van der Waals surface area contributed by atoms with Crippen LogP contribution >= 0.6 is 11.6 Å². The van der Waals surface area contributed by atoms with E-state index in [0.717, 1.165) is 43.5 Å². The smallest absolute Gasteiger partial charge is 0.287 e. The summed E-state index contributed by atoms with van der Waals surface area (Å²) in [6.07, 6.45) is 3.78. The van der Waals surface area contributed by atoms with Gasteiger partial charge in [0.2, 0.25) is 0 Å². The Balaban J connectivity index is 1.56. The molecule has 2 heterocycles. The molecule has 0 radical (unpaired) electrons. The molecule has 1 aromatic heterocycles. The largest absolute Gasteiger partial charge is 0.459 e. The van der Waals surface area contributed by atoms with Gasteiger partial charge in [0.1, 0.15) is 0 Å². The van der Waals surface area contributed by atoms with Gasteiger partial charge in [-0.2, -0.15) is 0 Å². The first-order valence-corrected chi connectivity index (χ1v) is 11.3. The summed E-state index contributed by atoms with van der Waals surface area (Å²) in [5.74, 6) is 1.26. The van der Waals surface area contributed by atoms with E-state index in [1.807, 2.05) is 19.1 Å². The molecule has 2 aromatic rings. The number of piperidine rings is 1. The number of hydrogen-bond acceptors (Lipinski definition) is 4. The average Bonchev–Trinajstić information content (AvgIpc) is 3.30. The quantitative estimate of drug-likeness (QED) is 0.330. The van der Waals surface area contributed by atoms with Crippen LogP contribution in [-0.4, -0.2) is 56.5 Å². The molecule has 8 heteroatoms. The van der Waals surface area contributed by atoms with Crippen molar-refractivity contribution in [1.82, 2.24) is 20.9 Å². The summed E-state index contributed by atoms with van der Waals surface area (Å²) in [4.78, 5) is 19.2. The summed E-state index contributed by atoms with van der Waals surface area (Å²) in [5, 5.41) is 10.2. The van der Waals surface area contributed by atoms with Gasteiger partial charge < -0.3 is 20.4 Å². The lowest BCUT2D eigenvalue weighted by atomic mass is 9.85. The van der Waals surface area contributed by atoms with Crippen LogP contribution in [0.4, 0.5) is 0 Å². The highest BCUT2D eigenvalue weighted by Crippen LogP contribution is 2.36. The molecule has 0 saturated carbocycles. The fourth-order valence-electron chi connectivity index (χ4n) is 4.07. The van der Waals surface area contributed by atoms with Crippen molar-refractivity contribution in [3.8, 4) is 0 Å². The first-order chi connectivity index (χ1) is 15.1. The molecule has 0 bridgehead atoms. The summed E-state index contributed by atoms with van der Waals surface area (Å²) in [6.45, 7) is 5.65. The van der Waals surface area contributed by atoms with E-state index in [1.54, 1.807) is 12.1 Å². The molecule has 3 N–H and O–H groups in total. The van der Waals surface area contributed by atoms with E-state index in [2.05, 4.69) is 40.0 Å². The number of amides is 1. The van der Waals surface area contributed by atoms with E-state index in [9.17, 15) is 4.79 Å². The van der Waals surface area contributed by atoms with E-state index in [0.29, 0.717) is 30.8 Å². The van der Waals surface area contributed by atoms with Crippen molar-refractivity contribution in [2.75, 3.05) is 39.8 Å².